The van der Waals surface area contributed by atoms with Crippen molar-refractivity contribution in [1.29, 1.82) is 0 Å². The second kappa shape index (κ2) is 6.33. The Bertz CT molecular complexity index is 245. The second-order valence-corrected chi connectivity index (χ2v) is 5.00. The molecular formula is C12H24N2O3. The van der Waals surface area contributed by atoms with Crippen LogP contribution >= 0.6 is 0 Å². The van der Waals surface area contributed by atoms with Gasteiger partial charge in [-0.2, -0.15) is 0 Å². The number of carbonyl (C=O) groups is 1. The van der Waals surface area contributed by atoms with E-state index < -0.39 is 11.5 Å². The third-order valence-electron chi connectivity index (χ3n) is 3.32. The van der Waals surface area contributed by atoms with Gasteiger partial charge in [-0.05, 0) is 32.9 Å². The zero-order valence-electron chi connectivity index (χ0n) is 11.0. The van der Waals surface area contributed by atoms with Gasteiger partial charge in [0.15, 0.2) is 0 Å². The number of methoxy groups -OCH3 is 1. The number of nitrogens with one attached hydrogen (secondary N) is 1. The lowest BCUT2D eigenvalue weighted by Gasteiger charge is -2.38. The predicted octanol–water partition coefficient (Wildman–Crippen LogP) is -0.158. The van der Waals surface area contributed by atoms with E-state index in [4.69, 9.17) is 4.74 Å². The molecule has 0 aliphatic carbocycles. The zero-order chi connectivity index (χ0) is 12.9. The van der Waals surface area contributed by atoms with Crippen molar-refractivity contribution in [2.75, 3.05) is 40.4 Å². The molecule has 1 fully saturated rings. The molecule has 1 rings (SSSR count). The highest BCUT2D eigenvalue weighted by atomic mass is 16.5. The van der Waals surface area contributed by atoms with E-state index in [2.05, 4.69) is 5.32 Å². The summed E-state index contributed by atoms with van der Waals surface area (Å²) in [7, 11) is 3.38. The number of likely N-dealkylation sites (N-methyl/N-ethyl adjacent to an activating group) is 1. The Morgan fingerprint density at radius 3 is 2.59 bits per heavy atom. The minimum Gasteiger partial charge on any atom is -0.392 e. The van der Waals surface area contributed by atoms with E-state index in [9.17, 15) is 9.90 Å². The molecule has 5 heteroatoms. The number of ether oxygens (including phenoxy) is 1. The molecule has 5 nitrogen and oxygen atoms in total. The van der Waals surface area contributed by atoms with Gasteiger partial charge in [-0.1, -0.05) is 0 Å². The van der Waals surface area contributed by atoms with Crippen LogP contribution in [0, 0.1) is 5.41 Å². The fraction of sp³-hybridized carbons (Fsp3) is 0.917. The Balaban J connectivity index is 2.71. The highest BCUT2D eigenvalue weighted by Crippen LogP contribution is 2.31. The number of hydrogen-bond acceptors (Lipinski definition) is 4. The molecule has 2 N–H and O–H groups in total. The van der Waals surface area contributed by atoms with Crippen molar-refractivity contribution in [3.05, 3.63) is 0 Å². The lowest BCUT2D eigenvalue weighted by molar-refractivity contribution is -0.147. The molecule has 1 aliphatic rings. The molecule has 100 valence electrons. The van der Waals surface area contributed by atoms with Crippen molar-refractivity contribution in [2.24, 2.45) is 5.41 Å². The number of nitrogens with zero attached hydrogens (tertiary/aromatic N) is 1. The standard InChI is InChI=1S/C12H24N2O3/c1-10(15)8-14(2)11(16)12(9-17-3)4-6-13-7-5-12/h10,13,15H,4-9H2,1-3H3. The van der Waals surface area contributed by atoms with Gasteiger partial charge >= 0.3 is 0 Å². The smallest absolute Gasteiger partial charge is 0.231 e. The van der Waals surface area contributed by atoms with E-state index >= 15 is 0 Å². The van der Waals surface area contributed by atoms with E-state index in [0.717, 1.165) is 25.9 Å². The van der Waals surface area contributed by atoms with E-state index in [1.807, 2.05) is 0 Å². The van der Waals surface area contributed by atoms with Crippen LogP contribution < -0.4 is 5.32 Å². The molecule has 1 aliphatic heterocycles. The summed E-state index contributed by atoms with van der Waals surface area (Å²) in [4.78, 5) is 14.1. The van der Waals surface area contributed by atoms with Gasteiger partial charge < -0.3 is 20.1 Å². The third kappa shape index (κ3) is 3.66. The SMILES string of the molecule is COCC1(C(=O)N(C)CC(C)O)CCNCC1. The highest BCUT2D eigenvalue weighted by Gasteiger charge is 2.41. The lowest BCUT2D eigenvalue weighted by atomic mass is 9.78. The minimum atomic E-state index is -0.495. The minimum absolute atomic E-state index is 0.0850. The van der Waals surface area contributed by atoms with Crippen molar-refractivity contribution < 1.29 is 14.6 Å². The molecule has 1 unspecified atom stereocenters. The van der Waals surface area contributed by atoms with Crippen LogP contribution in [0.5, 0.6) is 0 Å². The highest BCUT2D eigenvalue weighted by molar-refractivity contribution is 5.83. The number of piperidine rings is 1. The van der Waals surface area contributed by atoms with Crippen LogP contribution in [-0.2, 0) is 9.53 Å². The van der Waals surface area contributed by atoms with Crippen LogP contribution in [-0.4, -0.2) is 62.4 Å². The van der Waals surface area contributed by atoms with Crippen molar-refractivity contribution in [3.63, 3.8) is 0 Å². The van der Waals surface area contributed by atoms with Gasteiger partial charge in [0.05, 0.1) is 18.1 Å². The molecule has 1 heterocycles. The first-order valence-corrected chi connectivity index (χ1v) is 6.15. The van der Waals surface area contributed by atoms with E-state index in [1.165, 1.54) is 0 Å². The van der Waals surface area contributed by atoms with Crippen LogP contribution in [0.4, 0.5) is 0 Å². The Morgan fingerprint density at radius 1 is 1.53 bits per heavy atom. The monoisotopic (exact) mass is 244 g/mol. The normalized spacial score (nSPS) is 20.9. The second-order valence-electron chi connectivity index (χ2n) is 5.00. The maximum absolute atomic E-state index is 12.5. The van der Waals surface area contributed by atoms with Gasteiger partial charge in [0.2, 0.25) is 5.91 Å². The number of amides is 1. The van der Waals surface area contributed by atoms with Crippen LogP contribution in [0.15, 0.2) is 0 Å². The summed E-state index contributed by atoms with van der Waals surface area (Å²) in [6, 6.07) is 0. The third-order valence-corrected chi connectivity index (χ3v) is 3.32. The molecule has 0 aromatic heterocycles. The molecule has 0 aromatic carbocycles. The van der Waals surface area contributed by atoms with Crippen LogP contribution in [0.3, 0.4) is 0 Å². The quantitative estimate of drug-likeness (QED) is 0.705. The molecule has 1 amide bonds. The molecule has 0 aromatic rings. The zero-order valence-corrected chi connectivity index (χ0v) is 11.0. The maximum Gasteiger partial charge on any atom is 0.231 e. The predicted molar refractivity (Wildman–Crippen MR) is 65.7 cm³/mol. The summed E-state index contributed by atoms with van der Waals surface area (Å²) < 4.78 is 5.22. The molecule has 0 saturated carbocycles. The van der Waals surface area contributed by atoms with Gasteiger partial charge in [0.1, 0.15) is 0 Å². The largest absolute Gasteiger partial charge is 0.392 e. The number of hydrogen-bond donors (Lipinski definition) is 2. The van der Waals surface area contributed by atoms with E-state index in [-0.39, 0.29) is 5.91 Å². The summed E-state index contributed by atoms with van der Waals surface area (Å²) in [5.41, 5.74) is -0.413. The lowest BCUT2D eigenvalue weighted by Crippen LogP contribution is -2.51. The van der Waals surface area contributed by atoms with Crippen molar-refractivity contribution in [3.8, 4) is 0 Å². The molecule has 1 saturated heterocycles. The van der Waals surface area contributed by atoms with E-state index in [1.54, 1.807) is 26.0 Å². The van der Waals surface area contributed by atoms with E-state index in [0.29, 0.717) is 13.2 Å². The number of rotatable bonds is 5. The molecular weight excluding hydrogens is 220 g/mol. The maximum atomic E-state index is 12.5. The van der Waals surface area contributed by atoms with Crippen LogP contribution in [0.2, 0.25) is 0 Å². The summed E-state index contributed by atoms with van der Waals surface area (Å²) in [6.07, 6.45) is 1.10. The summed E-state index contributed by atoms with van der Waals surface area (Å²) in [6.45, 7) is 4.21. The fourth-order valence-corrected chi connectivity index (χ4v) is 2.49. The summed E-state index contributed by atoms with van der Waals surface area (Å²) in [5.74, 6) is 0.0850. The fourth-order valence-electron chi connectivity index (χ4n) is 2.49. The summed E-state index contributed by atoms with van der Waals surface area (Å²) >= 11 is 0. The van der Waals surface area contributed by atoms with Crippen molar-refractivity contribution in [2.45, 2.75) is 25.9 Å². The molecule has 0 spiro atoms. The average Bonchev–Trinajstić information content (AvgIpc) is 2.28. The van der Waals surface area contributed by atoms with Crippen molar-refractivity contribution >= 4 is 5.91 Å². The molecule has 0 bridgehead atoms. The number of carbonyl (C=O) groups excluding carboxylic acids is 1. The first-order valence-electron chi connectivity index (χ1n) is 6.15. The first kappa shape index (κ1) is 14.4. The molecule has 17 heavy (non-hydrogen) atoms. The molecule has 0 radical (unpaired) electrons. The Labute approximate surface area is 103 Å². The summed E-state index contributed by atoms with van der Waals surface area (Å²) in [5, 5.41) is 12.6. The van der Waals surface area contributed by atoms with Gasteiger partial charge in [0, 0.05) is 20.7 Å². The number of aliphatic hydroxyl groups excluding tert-OH is 1. The Kier molecular flexibility index (Phi) is 5.36. The molecule has 1 atom stereocenters. The van der Waals surface area contributed by atoms with Gasteiger partial charge in [-0.3, -0.25) is 4.79 Å². The first-order chi connectivity index (χ1) is 8.02. The van der Waals surface area contributed by atoms with Gasteiger partial charge in [-0.15, -0.1) is 0 Å². The van der Waals surface area contributed by atoms with Gasteiger partial charge in [0.25, 0.3) is 0 Å². The van der Waals surface area contributed by atoms with Gasteiger partial charge in [-0.25, -0.2) is 0 Å². The van der Waals surface area contributed by atoms with Crippen LogP contribution in [0.25, 0.3) is 0 Å². The van der Waals surface area contributed by atoms with Crippen molar-refractivity contribution in [1.82, 2.24) is 10.2 Å². The van der Waals surface area contributed by atoms with Crippen LogP contribution in [0.1, 0.15) is 19.8 Å². The topological polar surface area (TPSA) is 61.8 Å². The average molecular weight is 244 g/mol. The Hall–Kier alpha value is -0.650. The Morgan fingerprint density at radius 2 is 2.12 bits per heavy atom. The number of aliphatic hydroxyl groups is 1.